The van der Waals surface area contributed by atoms with Crippen LogP contribution >= 0.6 is 38.6 Å². The highest BCUT2D eigenvalue weighted by Gasteiger charge is 2.02. The Labute approximate surface area is 148 Å². The lowest BCUT2D eigenvalue weighted by Gasteiger charge is -2.10. The summed E-state index contributed by atoms with van der Waals surface area (Å²) in [5.74, 6) is 0.853. The van der Waals surface area contributed by atoms with Crippen LogP contribution in [0.25, 0.3) is 0 Å². The van der Waals surface area contributed by atoms with Gasteiger partial charge in [0.25, 0.3) is 0 Å². The summed E-state index contributed by atoms with van der Waals surface area (Å²) in [5.41, 5.74) is 0. The van der Waals surface area contributed by atoms with Crippen LogP contribution in [0, 0.1) is 0 Å². The van der Waals surface area contributed by atoms with Crippen LogP contribution in [-0.2, 0) is 19.4 Å². The lowest BCUT2D eigenvalue weighted by atomic mass is 10.3. The monoisotopic (exact) mass is 400 g/mol. The highest BCUT2D eigenvalue weighted by molar-refractivity contribution is 9.11. The zero-order chi connectivity index (χ0) is 15.8. The predicted octanol–water partition coefficient (Wildman–Crippen LogP) is 3.83. The van der Waals surface area contributed by atoms with Gasteiger partial charge >= 0.3 is 0 Å². The standard InChI is InChI=1S/C15H21BrN4S2/c1-3-11-9-19-14(22-11)10-20-15(17-4-2)18-8-7-12-5-6-13(16)21-12/h5-6,9H,3-4,7-8,10H2,1-2H3,(H2,17,18,20). The van der Waals surface area contributed by atoms with E-state index in [9.17, 15) is 0 Å². The first-order chi connectivity index (χ1) is 10.7. The van der Waals surface area contributed by atoms with E-state index >= 15 is 0 Å². The second-order valence-corrected chi connectivity index (χ2v) is 8.40. The minimum absolute atomic E-state index is 0.630. The summed E-state index contributed by atoms with van der Waals surface area (Å²) in [6, 6.07) is 4.25. The fourth-order valence-corrected chi connectivity index (χ4v) is 4.13. The molecule has 0 aliphatic rings. The van der Waals surface area contributed by atoms with Crippen LogP contribution in [0.1, 0.15) is 28.6 Å². The second-order valence-electron chi connectivity index (χ2n) is 4.65. The molecule has 0 atom stereocenters. The molecule has 0 aliphatic heterocycles. The smallest absolute Gasteiger partial charge is 0.191 e. The largest absolute Gasteiger partial charge is 0.357 e. The molecule has 2 N–H and O–H groups in total. The maximum Gasteiger partial charge on any atom is 0.191 e. The van der Waals surface area contributed by atoms with Gasteiger partial charge in [-0.25, -0.2) is 9.98 Å². The molecular formula is C15H21BrN4S2. The van der Waals surface area contributed by atoms with E-state index < -0.39 is 0 Å². The number of hydrogen-bond donors (Lipinski definition) is 2. The Morgan fingerprint density at radius 2 is 2.09 bits per heavy atom. The van der Waals surface area contributed by atoms with Gasteiger partial charge in [0.2, 0.25) is 0 Å². The van der Waals surface area contributed by atoms with Gasteiger partial charge in [-0.05, 0) is 47.8 Å². The molecule has 4 nitrogen and oxygen atoms in total. The Hall–Kier alpha value is -0.920. The van der Waals surface area contributed by atoms with Crippen molar-refractivity contribution < 1.29 is 0 Å². The third-order valence-corrected chi connectivity index (χ3v) is 5.77. The first-order valence-corrected chi connectivity index (χ1v) is 9.83. The first kappa shape index (κ1) is 17.4. The highest BCUT2D eigenvalue weighted by Crippen LogP contribution is 2.22. The molecule has 22 heavy (non-hydrogen) atoms. The molecule has 0 unspecified atom stereocenters. The number of nitrogens with zero attached hydrogens (tertiary/aromatic N) is 2. The molecule has 0 saturated heterocycles. The molecule has 2 aromatic rings. The Kier molecular flexibility index (Phi) is 7.35. The van der Waals surface area contributed by atoms with E-state index in [-0.39, 0.29) is 0 Å². The molecule has 0 bridgehead atoms. The summed E-state index contributed by atoms with van der Waals surface area (Å²) in [6.45, 7) is 6.58. The molecular weight excluding hydrogens is 380 g/mol. The van der Waals surface area contributed by atoms with Gasteiger partial charge in [-0.2, -0.15) is 0 Å². The van der Waals surface area contributed by atoms with Crippen molar-refractivity contribution >= 4 is 44.6 Å². The molecule has 2 rings (SSSR count). The number of halogens is 1. The second kappa shape index (κ2) is 9.27. The van der Waals surface area contributed by atoms with Gasteiger partial charge in [-0.1, -0.05) is 6.92 Å². The number of nitrogens with one attached hydrogen (secondary N) is 2. The van der Waals surface area contributed by atoms with Gasteiger partial charge in [-0.15, -0.1) is 22.7 Å². The molecule has 0 radical (unpaired) electrons. The lowest BCUT2D eigenvalue weighted by molar-refractivity contribution is 0.804. The maximum absolute atomic E-state index is 4.60. The van der Waals surface area contributed by atoms with Gasteiger partial charge < -0.3 is 10.6 Å². The van der Waals surface area contributed by atoms with Crippen molar-refractivity contribution in [2.24, 2.45) is 4.99 Å². The SMILES string of the molecule is CCNC(=NCc1ncc(CC)s1)NCCc1ccc(Br)s1. The van der Waals surface area contributed by atoms with E-state index in [1.807, 2.05) is 6.20 Å². The van der Waals surface area contributed by atoms with E-state index in [0.717, 1.165) is 36.9 Å². The number of hydrogen-bond acceptors (Lipinski definition) is 4. The molecule has 0 aromatic carbocycles. The summed E-state index contributed by atoms with van der Waals surface area (Å²) in [5, 5.41) is 7.72. The normalized spacial score (nSPS) is 11.7. The number of thiazole rings is 1. The zero-order valence-electron chi connectivity index (χ0n) is 12.9. The fraction of sp³-hybridized carbons (Fsp3) is 0.467. The molecule has 120 valence electrons. The van der Waals surface area contributed by atoms with Crippen molar-refractivity contribution in [3.05, 3.63) is 36.9 Å². The fourth-order valence-electron chi connectivity index (χ4n) is 1.86. The van der Waals surface area contributed by atoms with E-state index in [0.29, 0.717) is 6.54 Å². The van der Waals surface area contributed by atoms with Gasteiger partial charge in [-0.3, -0.25) is 0 Å². The Morgan fingerprint density at radius 3 is 2.73 bits per heavy atom. The molecule has 0 fully saturated rings. The number of aromatic nitrogens is 1. The van der Waals surface area contributed by atoms with Crippen molar-refractivity contribution in [1.82, 2.24) is 15.6 Å². The van der Waals surface area contributed by atoms with E-state index in [4.69, 9.17) is 0 Å². The van der Waals surface area contributed by atoms with Crippen LogP contribution < -0.4 is 10.6 Å². The Balaban J connectivity index is 1.83. The van der Waals surface area contributed by atoms with Crippen LogP contribution in [0.3, 0.4) is 0 Å². The minimum atomic E-state index is 0.630. The average molecular weight is 401 g/mol. The third kappa shape index (κ3) is 5.70. The number of thiophene rings is 1. The number of aryl methyl sites for hydroxylation is 1. The van der Waals surface area contributed by atoms with E-state index in [1.54, 1.807) is 22.7 Å². The lowest BCUT2D eigenvalue weighted by Crippen LogP contribution is -2.38. The van der Waals surface area contributed by atoms with Crippen molar-refractivity contribution in [3.8, 4) is 0 Å². The summed E-state index contributed by atoms with van der Waals surface area (Å²) < 4.78 is 1.18. The van der Waals surface area contributed by atoms with Crippen LogP contribution in [0.2, 0.25) is 0 Å². The van der Waals surface area contributed by atoms with Crippen LogP contribution in [0.5, 0.6) is 0 Å². The minimum Gasteiger partial charge on any atom is -0.357 e. The van der Waals surface area contributed by atoms with E-state index in [2.05, 4.69) is 62.5 Å². The predicted molar refractivity (Wildman–Crippen MR) is 100 cm³/mol. The zero-order valence-corrected chi connectivity index (χ0v) is 16.1. The molecule has 2 aromatic heterocycles. The van der Waals surface area contributed by atoms with Crippen molar-refractivity contribution in [1.29, 1.82) is 0 Å². The van der Waals surface area contributed by atoms with E-state index in [1.165, 1.54) is 13.5 Å². The summed E-state index contributed by atoms with van der Waals surface area (Å²) >= 11 is 7.01. The summed E-state index contributed by atoms with van der Waals surface area (Å²) in [4.78, 5) is 11.7. The number of aliphatic imine (C=N–C) groups is 1. The Morgan fingerprint density at radius 1 is 1.23 bits per heavy atom. The molecule has 2 heterocycles. The van der Waals surface area contributed by atoms with Gasteiger partial charge in [0, 0.05) is 29.0 Å². The molecule has 7 heteroatoms. The molecule has 0 spiro atoms. The quantitative estimate of drug-likeness (QED) is 0.548. The average Bonchev–Trinajstić information content (AvgIpc) is 3.13. The Bertz CT molecular complexity index is 606. The van der Waals surface area contributed by atoms with Crippen molar-refractivity contribution in [2.45, 2.75) is 33.2 Å². The maximum atomic E-state index is 4.60. The van der Waals surface area contributed by atoms with Gasteiger partial charge in [0.1, 0.15) is 5.01 Å². The van der Waals surface area contributed by atoms with Gasteiger partial charge in [0.15, 0.2) is 5.96 Å². The summed E-state index contributed by atoms with van der Waals surface area (Å²) in [6.07, 6.45) is 3.98. The van der Waals surface area contributed by atoms with Crippen LogP contribution in [0.15, 0.2) is 27.1 Å². The van der Waals surface area contributed by atoms with Crippen LogP contribution in [-0.4, -0.2) is 24.0 Å². The first-order valence-electron chi connectivity index (χ1n) is 7.41. The van der Waals surface area contributed by atoms with Crippen LogP contribution in [0.4, 0.5) is 0 Å². The number of rotatable bonds is 7. The molecule has 0 amide bonds. The number of guanidine groups is 1. The van der Waals surface area contributed by atoms with Crippen molar-refractivity contribution in [2.75, 3.05) is 13.1 Å². The van der Waals surface area contributed by atoms with Gasteiger partial charge in [0.05, 0.1) is 10.3 Å². The topological polar surface area (TPSA) is 49.3 Å². The third-order valence-electron chi connectivity index (χ3n) is 2.96. The highest BCUT2D eigenvalue weighted by atomic mass is 79.9. The molecule has 0 aliphatic carbocycles. The molecule has 0 saturated carbocycles. The summed E-state index contributed by atoms with van der Waals surface area (Å²) in [7, 11) is 0. The van der Waals surface area contributed by atoms with Crippen molar-refractivity contribution in [3.63, 3.8) is 0 Å².